The van der Waals surface area contributed by atoms with Crippen molar-refractivity contribution in [3.63, 3.8) is 0 Å². The minimum absolute atomic E-state index is 0.0298. The van der Waals surface area contributed by atoms with Crippen molar-refractivity contribution in [3.05, 3.63) is 35.1 Å². The fourth-order valence-corrected chi connectivity index (χ4v) is 2.10. The third-order valence-electron chi connectivity index (χ3n) is 2.22. The van der Waals surface area contributed by atoms with Crippen LogP contribution in [0.1, 0.15) is 0 Å². The second-order valence-electron chi connectivity index (χ2n) is 4.20. The van der Waals surface area contributed by atoms with Gasteiger partial charge in [-0.3, -0.25) is 5.41 Å². The molecule has 0 saturated carbocycles. The van der Waals surface area contributed by atoms with E-state index in [2.05, 4.69) is 5.32 Å². The van der Waals surface area contributed by atoms with Crippen LogP contribution in [-0.4, -0.2) is 30.3 Å². The van der Waals surface area contributed by atoms with Crippen LogP contribution in [0.5, 0.6) is 0 Å². The van der Waals surface area contributed by atoms with Gasteiger partial charge in [-0.1, -0.05) is 11.6 Å². The monoisotopic (exact) mass is 338 g/mol. The number of rotatable bonds is 4. The highest BCUT2D eigenvalue weighted by Crippen LogP contribution is 2.40. The third kappa shape index (κ3) is 6.17. The lowest BCUT2D eigenvalue weighted by molar-refractivity contribution is -0.0328. The number of benzene rings is 1. The van der Waals surface area contributed by atoms with Gasteiger partial charge in [0.1, 0.15) is 11.7 Å². The molecule has 0 saturated heterocycles. The Morgan fingerprint density at radius 3 is 2.52 bits per heavy atom. The van der Waals surface area contributed by atoms with E-state index in [4.69, 9.17) is 22.7 Å². The molecule has 0 aliphatic rings. The topological polar surface area (TPSA) is 65.1 Å². The zero-order chi connectivity index (χ0) is 16.2. The van der Waals surface area contributed by atoms with E-state index < -0.39 is 5.51 Å². The Morgan fingerprint density at radius 1 is 1.43 bits per heavy atom. The normalized spacial score (nSPS) is 12.2. The van der Waals surface area contributed by atoms with Crippen LogP contribution in [-0.2, 0) is 0 Å². The van der Waals surface area contributed by atoms with Gasteiger partial charge in [0.2, 0.25) is 0 Å². The standard InChI is InChI=1S/C12H14ClF3N4S/c1-20(2)11(18)6-10(17)19-7-3-4-9(8(13)5-7)21-12(14,15)16/h3-6,18-19H,17H2,1-2H3/b10-6+,18-11?. The van der Waals surface area contributed by atoms with Crippen LogP contribution in [0.2, 0.25) is 5.02 Å². The van der Waals surface area contributed by atoms with Gasteiger partial charge >= 0.3 is 5.51 Å². The number of halogens is 4. The summed E-state index contributed by atoms with van der Waals surface area (Å²) in [7, 11) is 3.37. The van der Waals surface area contributed by atoms with Gasteiger partial charge in [-0.2, -0.15) is 13.2 Å². The maximum Gasteiger partial charge on any atom is 0.446 e. The molecule has 1 aromatic carbocycles. The number of thioether (sulfide) groups is 1. The van der Waals surface area contributed by atoms with Crippen LogP contribution in [0.4, 0.5) is 18.9 Å². The fraction of sp³-hybridized carbons (Fsp3) is 0.250. The van der Waals surface area contributed by atoms with E-state index in [0.29, 0.717) is 5.69 Å². The van der Waals surface area contributed by atoms with E-state index in [1.807, 2.05) is 0 Å². The van der Waals surface area contributed by atoms with E-state index in [1.54, 1.807) is 19.0 Å². The molecule has 4 N–H and O–H groups in total. The van der Waals surface area contributed by atoms with Crippen molar-refractivity contribution < 1.29 is 13.2 Å². The molecule has 0 radical (unpaired) electrons. The van der Waals surface area contributed by atoms with Crippen LogP contribution < -0.4 is 11.1 Å². The van der Waals surface area contributed by atoms with E-state index >= 15 is 0 Å². The Morgan fingerprint density at radius 2 is 2.05 bits per heavy atom. The van der Waals surface area contributed by atoms with Crippen molar-refractivity contribution in [1.82, 2.24) is 4.90 Å². The van der Waals surface area contributed by atoms with Gasteiger partial charge in [0, 0.05) is 30.8 Å². The molecule has 0 amide bonds. The molecule has 0 aliphatic heterocycles. The maximum atomic E-state index is 12.3. The van der Waals surface area contributed by atoms with Crippen LogP contribution in [0, 0.1) is 5.41 Å². The Labute approximate surface area is 129 Å². The summed E-state index contributed by atoms with van der Waals surface area (Å²) < 4.78 is 36.8. The summed E-state index contributed by atoms with van der Waals surface area (Å²) in [5.74, 6) is 0.358. The molecule has 0 unspecified atom stereocenters. The minimum Gasteiger partial charge on any atom is -0.385 e. The predicted octanol–water partition coefficient (Wildman–Crippen LogP) is 3.70. The number of hydrogen-bond donors (Lipinski definition) is 3. The van der Waals surface area contributed by atoms with Crippen LogP contribution in [0.15, 0.2) is 35.0 Å². The number of nitrogens with two attached hydrogens (primary N) is 1. The van der Waals surface area contributed by atoms with Crippen LogP contribution in [0.3, 0.4) is 0 Å². The number of hydrogen-bond acceptors (Lipinski definition) is 4. The largest absolute Gasteiger partial charge is 0.446 e. The molecule has 0 bridgehead atoms. The third-order valence-corrected chi connectivity index (χ3v) is 3.45. The number of amidine groups is 1. The van der Waals surface area contributed by atoms with Crippen molar-refractivity contribution in [1.29, 1.82) is 5.41 Å². The number of alkyl halides is 3. The Hall–Kier alpha value is -1.54. The number of nitrogens with one attached hydrogen (secondary N) is 2. The summed E-state index contributed by atoms with van der Waals surface area (Å²) in [4.78, 5) is 1.46. The molecular formula is C12H14ClF3N4S. The van der Waals surface area contributed by atoms with Crippen molar-refractivity contribution >= 4 is 34.9 Å². The first-order chi connectivity index (χ1) is 9.58. The zero-order valence-corrected chi connectivity index (χ0v) is 12.8. The lowest BCUT2D eigenvalue weighted by atomic mass is 10.3. The average Bonchev–Trinajstić information content (AvgIpc) is 2.30. The highest BCUT2D eigenvalue weighted by Gasteiger charge is 2.30. The van der Waals surface area contributed by atoms with E-state index in [0.717, 1.165) is 0 Å². The van der Waals surface area contributed by atoms with E-state index in [9.17, 15) is 13.2 Å². The number of anilines is 1. The lowest BCUT2D eigenvalue weighted by Gasteiger charge is -2.13. The highest BCUT2D eigenvalue weighted by molar-refractivity contribution is 8.00. The van der Waals surface area contributed by atoms with Gasteiger partial charge in [-0.05, 0) is 30.0 Å². The van der Waals surface area contributed by atoms with E-state index in [-0.39, 0.29) is 33.3 Å². The molecule has 0 fully saturated rings. The summed E-state index contributed by atoms with van der Waals surface area (Å²) in [5, 5.41) is 10.3. The van der Waals surface area contributed by atoms with Crippen molar-refractivity contribution in [2.45, 2.75) is 10.4 Å². The van der Waals surface area contributed by atoms with Gasteiger partial charge in [-0.15, -0.1) is 0 Å². The first-order valence-corrected chi connectivity index (χ1v) is 6.83. The molecule has 21 heavy (non-hydrogen) atoms. The van der Waals surface area contributed by atoms with Gasteiger partial charge in [0.05, 0.1) is 5.02 Å². The second-order valence-corrected chi connectivity index (χ2v) is 5.71. The molecular weight excluding hydrogens is 325 g/mol. The van der Waals surface area contributed by atoms with Crippen molar-refractivity contribution in [3.8, 4) is 0 Å². The lowest BCUT2D eigenvalue weighted by Crippen LogP contribution is -2.21. The summed E-state index contributed by atoms with van der Waals surface area (Å²) in [6.07, 6.45) is 1.38. The molecule has 116 valence electrons. The summed E-state index contributed by atoms with van der Waals surface area (Å²) in [6.45, 7) is 0. The Balaban J connectivity index is 2.83. The summed E-state index contributed by atoms with van der Waals surface area (Å²) in [5.41, 5.74) is 1.73. The van der Waals surface area contributed by atoms with Crippen molar-refractivity contribution in [2.75, 3.05) is 19.4 Å². The minimum atomic E-state index is -4.39. The summed E-state index contributed by atoms with van der Waals surface area (Å²) in [6, 6.07) is 4.03. The first-order valence-electron chi connectivity index (χ1n) is 5.64. The predicted molar refractivity (Wildman–Crippen MR) is 80.7 cm³/mol. The number of nitrogens with zero attached hydrogens (tertiary/aromatic N) is 1. The van der Waals surface area contributed by atoms with Gasteiger partial charge in [0.15, 0.2) is 0 Å². The van der Waals surface area contributed by atoms with Gasteiger partial charge in [-0.25, -0.2) is 0 Å². The molecule has 9 heteroatoms. The molecule has 0 heterocycles. The average molecular weight is 339 g/mol. The quantitative estimate of drug-likeness (QED) is 0.445. The molecule has 4 nitrogen and oxygen atoms in total. The smallest absolute Gasteiger partial charge is 0.385 e. The van der Waals surface area contributed by atoms with Crippen LogP contribution in [0.25, 0.3) is 0 Å². The highest BCUT2D eigenvalue weighted by atomic mass is 35.5. The number of likely N-dealkylation sites (N-methyl/N-ethyl adjacent to an activating group) is 1. The Bertz CT molecular complexity index is 558. The molecule has 0 aliphatic carbocycles. The molecule has 1 aromatic rings. The second kappa shape index (κ2) is 6.95. The molecule has 0 atom stereocenters. The van der Waals surface area contributed by atoms with Crippen LogP contribution >= 0.6 is 23.4 Å². The maximum absolute atomic E-state index is 12.3. The molecule has 0 aromatic heterocycles. The summed E-state index contributed by atoms with van der Waals surface area (Å²) >= 11 is 5.53. The van der Waals surface area contributed by atoms with Gasteiger partial charge < -0.3 is 16.0 Å². The van der Waals surface area contributed by atoms with Gasteiger partial charge in [0.25, 0.3) is 0 Å². The molecule has 1 rings (SSSR count). The van der Waals surface area contributed by atoms with E-state index in [1.165, 1.54) is 24.3 Å². The Kier molecular flexibility index (Phi) is 5.79. The fourth-order valence-electron chi connectivity index (χ4n) is 1.27. The zero-order valence-electron chi connectivity index (χ0n) is 11.3. The van der Waals surface area contributed by atoms with Crippen molar-refractivity contribution in [2.24, 2.45) is 5.73 Å². The SMILES string of the molecule is CN(C)C(=N)/C=C(\N)Nc1ccc(SC(F)(F)F)c(Cl)c1. The molecule has 0 spiro atoms. The first kappa shape index (κ1) is 17.5.